The Morgan fingerprint density at radius 3 is 2.50 bits per heavy atom. The van der Waals surface area contributed by atoms with E-state index in [9.17, 15) is 0 Å². The van der Waals surface area contributed by atoms with E-state index in [4.69, 9.17) is 4.74 Å². The van der Waals surface area contributed by atoms with Gasteiger partial charge in [0.05, 0.1) is 7.11 Å². The normalized spacial score (nSPS) is 22.9. The molecule has 1 nitrogen and oxygen atoms in total. The molecule has 0 heterocycles. The number of methoxy groups -OCH3 is 1. The van der Waals surface area contributed by atoms with Crippen LogP contribution in [-0.2, 0) is 4.74 Å². The zero-order chi connectivity index (χ0) is 5.56. The predicted octanol–water partition coefficient (Wildman–Crippen LogP) is 1.62. The SMILES string of the molecule is COC1=C2CC(=C1)C2. The van der Waals surface area contributed by atoms with Gasteiger partial charge in [-0.15, -0.1) is 0 Å². The molecule has 1 saturated carbocycles. The van der Waals surface area contributed by atoms with Crippen molar-refractivity contribution in [2.24, 2.45) is 0 Å². The maximum Gasteiger partial charge on any atom is 0.118 e. The molecule has 8 heavy (non-hydrogen) atoms. The van der Waals surface area contributed by atoms with Crippen molar-refractivity contribution in [3.05, 3.63) is 23.0 Å². The topological polar surface area (TPSA) is 9.23 Å². The summed E-state index contributed by atoms with van der Waals surface area (Å²) in [5, 5.41) is 0. The first-order valence-corrected chi connectivity index (χ1v) is 2.85. The highest BCUT2D eigenvalue weighted by Gasteiger charge is 2.26. The standard InChI is InChI=1S/C7H8O/c1-8-7-4-5-2-6(7)3-5/h4H,2-3H2,1H3. The molecule has 1 fully saturated rings. The van der Waals surface area contributed by atoms with Gasteiger partial charge in [0.2, 0.25) is 0 Å². The minimum atomic E-state index is 1.12. The fraction of sp³-hybridized carbons (Fsp3) is 0.429. The molecule has 0 spiro atoms. The molecule has 3 aliphatic carbocycles. The van der Waals surface area contributed by atoms with Crippen molar-refractivity contribution in [3.63, 3.8) is 0 Å². The van der Waals surface area contributed by atoms with Crippen molar-refractivity contribution in [3.8, 4) is 0 Å². The summed E-state index contributed by atoms with van der Waals surface area (Å²) in [4.78, 5) is 0. The highest BCUT2D eigenvalue weighted by molar-refractivity contribution is 5.47. The summed E-state index contributed by atoms with van der Waals surface area (Å²) in [5.41, 5.74) is 3.03. The first-order chi connectivity index (χ1) is 3.90. The molecule has 3 aliphatic rings. The molecule has 42 valence electrons. The van der Waals surface area contributed by atoms with Crippen LogP contribution >= 0.6 is 0 Å². The molecule has 0 N–H and O–H groups in total. The lowest BCUT2D eigenvalue weighted by atomic mass is 9.93. The molecule has 0 amide bonds. The summed E-state index contributed by atoms with van der Waals surface area (Å²) >= 11 is 0. The lowest BCUT2D eigenvalue weighted by Crippen LogP contribution is -1.95. The average molecular weight is 108 g/mol. The van der Waals surface area contributed by atoms with Gasteiger partial charge >= 0.3 is 0 Å². The lowest BCUT2D eigenvalue weighted by molar-refractivity contribution is 0.304. The van der Waals surface area contributed by atoms with Gasteiger partial charge < -0.3 is 4.74 Å². The minimum Gasteiger partial charge on any atom is -0.497 e. The molecule has 1 heteroatoms. The summed E-state index contributed by atoms with van der Waals surface area (Å²) in [6.45, 7) is 0. The molecule has 0 unspecified atom stereocenters. The van der Waals surface area contributed by atoms with Crippen LogP contribution in [0.15, 0.2) is 23.0 Å². The predicted molar refractivity (Wildman–Crippen MR) is 31.4 cm³/mol. The second kappa shape index (κ2) is 1.16. The van der Waals surface area contributed by atoms with Gasteiger partial charge in [0.15, 0.2) is 0 Å². The highest BCUT2D eigenvalue weighted by Crippen LogP contribution is 2.42. The maximum absolute atomic E-state index is 5.07. The maximum atomic E-state index is 5.07. The Kier molecular flexibility index (Phi) is 0.608. The Morgan fingerprint density at radius 1 is 1.50 bits per heavy atom. The smallest absolute Gasteiger partial charge is 0.118 e. The third kappa shape index (κ3) is 0.324. The summed E-state index contributed by atoms with van der Waals surface area (Å²) in [7, 11) is 1.74. The van der Waals surface area contributed by atoms with Crippen LogP contribution in [0.1, 0.15) is 12.8 Å². The van der Waals surface area contributed by atoms with Crippen LogP contribution in [-0.4, -0.2) is 7.11 Å². The summed E-state index contributed by atoms with van der Waals surface area (Å²) in [5.74, 6) is 1.12. The van der Waals surface area contributed by atoms with Crippen LogP contribution in [0.25, 0.3) is 0 Å². The lowest BCUT2D eigenvalue weighted by Gasteiger charge is -2.12. The monoisotopic (exact) mass is 108 g/mol. The summed E-state index contributed by atoms with van der Waals surface area (Å²) in [6, 6.07) is 0. The van der Waals surface area contributed by atoms with Crippen molar-refractivity contribution < 1.29 is 4.74 Å². The van der Waals surface area contributed by atoms with Gasteiger partial charge in [-0.1, -0.05) is 5.57 Å². The Morgan fingerprint density at radius 2 is 2.25 bits per heavy atom. The summed E-state index contributed by atoms with van der Waals surface area (Å²) < 4.78 is 5.07. The fourth-order valence-corrected chi connectivity index (χ4v) is 1.26. The first kappa shape index (κ1) is 4.19. The van der Waals surface area contributed by atoms with Gasteiger partial charge in [-0.2, -0.15) is 0 Å². The van der Waals surface area contributed by atoms with E-state index in [1.807, 2.05) is 0 Å². The van der Waals surface area contributed by atoms with Crippen molar-refractivity contribution in [2.45, 2.75) is 12.8 Å². The largest absolute Gasteiger partial charge is 0.497 e. The van der Waals surface area contributed by atoms with Gasteiger partial charge in [-0.3, -0.25) is 0 Å². The molecule has 0 atom stereocenters. The Balaban J connectivity index is 2.35. The van der Waals surface area contributed by atoms with Crippen LogP contribution < -0.4 is 0 Å². The molecule has 0 aromatic carbocycles. The van der Waals surface area contributed by atoms with Gasteiger partial charge in [0.1, 0.15) is 5.76 Å². The van der Waals surface area contributed by atoms with Crippen LogP contribution in [0.2, 0.25) is 0 Å². The van der Waals surface area contributed by atoms with Crippen molar-refractivity contribution in [1.29, 1.82) is 0 Å². The van der Waals surface area contributed by atoms with Gasteiger partial charge in [-0.25, -0.2) is 0 Å². The zero-order valence-corrected chi connectivity index (χ0v) is 4.90. The second-order valence-corrected chi connectivity index (χ2v) is 2.33. The number of rotatable bonds is 1. The van der Waals surface area contributed by atoms with E-state index in [2.05, 4.69) is 6.08 Å². The van der Waals surface area contributed by atoms with Gasteiger partial charge in [0.25, 0.3) is 0 Å². The van der Waals surface area contributed by atoms with E-state index in [0.717, 1.165) is 5.76 Å². The molecule has 3 rings (SSSR count). The molecule has 0 radical (unpaired) electrons. The van der Waals surface area contributed by atoms with E-state index in [1.165, 1.54) is 24.0 Å². The van der Waals surface area contributed by atoms with Gasteiger partial charge in [-0.05, 0) is 24.5 Å². The average Bonchev–Trinajstić information content (AvgIpc) is 2.15. The molecule has 0 aromatic heterocycles. The van der Waals surface area contributed by atoms with Crippen molar-refractivity contribution in [2.75, 3.05) is 7.11 Å². The third-order valence-corrected chi connectivity index (χ3v) is 1.78. The Bertz CT molecular complexity index is 177. The molecule has 0 aliphatic heterocycles. The van der Waals surface area contributed by atoms with E-state index in [1.54, 1.807) is 7.11 Å². The Labute approximate surface area is 48.7 Å². The van der Waals surface area contributed by atoms with E-state index >= 15 is 0 Å². The highest BCUT2D eigenvalue weighted by atomic mass is 16.5. The summed E-state index contributed by atoms with van der Waals surface area (Å²) in [6.07, 6.45) is 4.54. The second-order valence-electron chi connectivity index (χ2n) is 2.33. The quantitative estimate of drug-likeness (QED) is 0.496. The van der Waals surface area contributed by atoms with Crippen LogP contribution in [0, 0.1) is 0 Å². The van der Waals surface area contributed by atoms with Gasteiger partial charge in [0, 0.05) is 0 Å². The van der Waals surface area contributed by atoms with Crippen molar-refractivity contribution in [1.82, 2.24) is 0 Å². The molecular weight excluding hydrogens is 100 g/mol. The molecule has 0 saturated heterocycles. The Hall–Kier alpha value is -0.720. The number of hydrogen-bond acceptors (Lipinski definition) is 1. The molecular formula is C7H8O. The van der Waals surface area contributed by atoms with Crippen molar-refractivity contribution >= 4 is 0 Å². The van der Waals surface area contributed by atoms with E-state index < -0.39 is 0 Å². The fourth-order valence-electron chi connectivity index (χ4n) is 1.26. The number of hydrogen-bond donors (Lipinski definition) is 0. The van der Waals surface area contributed by atoms with Crippen LogP contribution in [0.4, 0.5) is 0 Å². The van der Waals surface area contributed by atoms with Crippen LogP contribution in [0.3, 0.4) is 0 Å². The number of fused-ring (bicyclic) bond motifs is 1. The number of ether oxygens (including phenoxy) is 1. The number of allylic oxidation sites excluding steroid dienone is 3. The molecule has 2 bridgehead atoms. The van der Waals surface area contributed by atoms with Crippen LogP contribution in [0.5, 0.6) is 0 Å². The minimum absolute atomic E-state index is 1.12. The zero-order valence-electron chi connectivity index (χ0n) is 4.90. The van der Waals surface area contributed by atoms with E-state index in [-0.39, 0.29) is 0 Å². The third-order valence-electron chi connectivity index (χ3n) is 1.78. The van der Waals surface area contributed by atoms with E-state index in [0.29, 0.717) is 0 Å². The first-order valence-electron chi connectivity index (χ1n) is 2.85. The molecule has 0 aromatic rings.